The number of rotatable bonds is 6. The van der Waals surface area contributed by atoms with E-state index in [2.05, 4.69) is 5.32 Å². The number of carbonyl (C=O) groups excluding carboxylic acids is 1. The number of carbonyl (C=O) groups is 1. The molecule has 28 heavy (non-hydrogen) atoms. The fourth-order valence-corrected chi connectivity index (χ4v) is 3.33. The molecule has 0 atom stereocenters. The normalized spacial score (nSPS) is 10.8. The van der Waals surface area contributed by atoms with Crippen molar-refractivity contribution < 1.29 is 9.53 Å². The van der Waals surface area contributed by atoms with Crippen LogP contribution >= 0.6 is 34.8 Å². The number of halogens is 3. The van der Waals surface area contributed by atoms with Gasteiger partial charge in [0.15, 0.2) is 0 Å². The maximum absolute atomic E-state index is 12.1. The molecule has 3 aromatic rings. The molecule has 0 saturated carbocycles. The Balaban J connectivity index is 1.57. The average Bonchev–Trinajstić information content (AvgIpc) is 2.69. The summed E-state index contributed by atoms with van der Waals surface area (Å²) >= 11 is 18.0. The number of nitrogens with one attached hydrogen (secondary N) is 1. The van der Waals surface area contributed by atoms with E-state index in [0.717, 1.165) is 16.9 Å². The summed E-state index contributed by atoms with van der Waals surface area (Å²) in [5.74, 6) is 0.403. The molecule has 0 spiro atoms. The van der Waals surface area contributed by atoms with Gasteiger partial charge in [-0.05, 0) is 41.5 Å². The first-order valence-electron chi connectivity index (χ1n) is 8.41. The van der Waals surface area contributed by atoms with E-state index in [0.29, 0.717) is 17.3 Å². The molecule has 3 nitrogen and oxygen atoms in total. The van der Waals surface area contributed by atoms with E-state index in [1.807, 2.05) is 54.6 Å². The topological polar surface area (TPSA) is 38.3 Å². The third kappa shape index (κ3) is 5.77. The third-order valence-electron chi connectivity index (χ3n) is 3.81. The lowest BCUT2D eigenvalue weighted by molar-refractivity contribution is -0.111. The number of hydrogen-bond donors (Lipinski definition) is 1. The van der Waals surface area contributed by atoms with Crippen molar-refractivity contribution in [2.45, 2.75) is 6.61 Å². The predicted octanol–water partition coefficient (Wildman–Crippen LogP) is 6.88. The molecule has 0 bridgehead atoms. The van der Waals surface area contributed by atoms with Gasteiger partial charge in [0.05, 0.1) is 15.7 Å². The molecule has 6 heteroatoms. The molecule has 0 saturated heterocycles. The van der Waals surface area contributed by atoms with Crippen molar-refractivity contribution in [3.05, 3.63) is 99.0 Å². The van der Waals surface area contributed by atoms with Gasteiger partial charge >= 0.3 is 0 Å². The monoisotopic (exact) mass is 431 g/mol. The van der Waals surface area contributed by atoms with E-state index < -0.39 is 0 Å². The van der Waals surface area contributed by atoms with Crippen LogP contribution in [0.4, 0.5) is 5.69 Å². The van der Waals surface area contributed by atoms with Gasteiger partial charge in [0, 0.05) is 11.1 Å². The molecule has 0 unspecified atom stereocenters. The number of ether oxygens (including phenoxy) is 1. The molecule has 0 radical (unpaired) electrons. The van der Waals surface area contributed by atoms with Crippen LogP contribution in [0.25, 0.3) is 6.08 Å². The minimum Gasteiger partial charge on any atom is -0.489 e. The Bertz CT molecular complexity index is 963. The van der Waals surface area contributed by atoms with E-state index in [1.54, 1.807) is 6.08 Å². The smallest absolute Gasteiger partial charge is 0.248 e. The Labute approximate surface area is 178 Å². The predicted molar refractivity (Wildman–Crippen MR) is 116 cm³/mol. The second kappa shape index (κ2) is 9.65. The fraction of sp³-hybridized carbons (Fsp3) is 0.0455. The van der Waals surface area contributed by atoms with Crippen LogP contribution in [0.1, 0.15) is 11.1 Å². The summed E-state index contributed by atoms with van der Waals surface area (Å²) in [6.07, 6.45) is 3.09. The molecule has 3 rings (SSSR count). The highest BCUT2D eigenvalue weighted by Crippen LogP contribution is 2.33. The Morgan fingerprint density at radius 1 is 0.929 bits per heavy atom. The molecule has 3 aromatic carbocycles. The second-order valence-electron chi connectivity index (χ2n) is 5.91. The highest BCUT2D eigenvalue weighted by Gasteiger charge is 2.09. The molecule has 0 aliphatic carbocycles. The fourth-order valence-electron chi connectivity index (χ4n) is 2.41. The summed E-state index contributed by atoms with van der Waals surface area (Å²) in [6, 6.07) is 20.4. The molecule has 0 fully saturated rings. The van der Waals surface area contributed by atoms with Gasteiger partial charge < -0.3 is 10.1 Å². The number of hydrogen-bond acceptors (Lipinski definition) is 2. The SMILES string of the molecule is O=C(/C=C/c1ccc(OCc2ccccc2)cc1)Nc1c(Cl)cc(Cl)cc1Cl. The average molecular weight is 433 g/mol. The molecule has 1 amide bonds. The lowest BCUT2D eigenvalue weighted by Crippen LogP contribution is -2.08. The third-order valence-corrected chi connectivity index (χ3v) is 4.63. The quantitative estimate of drug-likeness (QED) is 0.431. The van der Waals surface area contributed by atoms with Crippen molar-refractivity contribution >= 4 is 52.5 Å². The highest BCUT2D eigenvalue weighted by atomic mass is 35.5. The number of amides is 1. The highest BCUT2D eigenvalue weighted by molar-refractivity contribution is 6.42. The van der Waals surface area contributed by atoms with Crippen molar-refractivity contribution in [1.82, 2.24) is 0 Å². The van der Waals surface area contributed by atoms with Crippen molar-refractivity contribution in [2.75, 3.05) is 5.32 Å². The maximum Gasteiger partial charge on any atom is 0.248 e. The summed E-state index contributed by atoms with van der Waals surface area (Å²) < 4.78 is 5.74. The van der Waals surface area contributed by atoms with Gasteiger partial charge in [0.25, 0.3) is 0 Å². The molecular weight excluding hydrogens is 417 g/mol. The summed E-state index contributed by atoms with van der Waals surface area (Å²) in [5, 5.41) is 3.61. The van der Waals surface area contributed by atoms with E-state index in [-0.39, 0.29) is 16.0 Å². The van der Waals surface area contributed by atoms with Crippen LogP contribution in [0.5, 0.6) is 5.75 Å². The molecule has 0 aromatic heterocycles. The Morgan fingerprint density at radius 3 is 2.21 bits per heavy atom. The van der Waals surface area contributed by atoms with E-state index in [9.17, 15) is 4.79 Å². The Kier molecular flexibility index (Phi) is 6.99. The van der Waals surface area contributed by atoms with Crippen LogP contribution in [-0.2, 0) is 11.4 Å². The zero-order valence-electron chi connectivity index (χ0n) is 14.7. The number of anilines is 1. The van der Waals surface area contributed by atoms with E-state index in [4.69, 9.17) is 39.5 Å². The largest absolute Gasteiger partial charge is 0.489 e. The molecule has 0 heterocycles. The van der Waals surface area contributed by atoms with Gasteiger partial charge in [-0.2, -0.15) is 0 Å². The van der Waals surface area contributed by atoms with Crippen molar-refractivity contribution in [1.29, 1.82) is 0 Å². The standard InChI is InChI=1S/C22H16Cl3NO2/c23-17-12-19(24)22(20(25)13-17)26-21(27)11-8-15-6-9-18(10-7-15)28-14-16-4-2-1-3-5-16/h1-13H,14H2,(H,26,27)/b11-8+. The van der Waals surface area contributed by atoms with E-state index in [1.165, 1.54) is 18.2 Å². The van der Waals surface area contributed by atoms with Gasteiger partial charge in [-0.1, -0.05) is 77.3 Å². The number of benzene rings is 3. The van der Waals surface area contributed by atoms with Gasteiger partial charge in [-0.25, -0.2) is 0 Å². The molecule has 142 valence electrons. The summed E-state index contributed by atoms with van der Waals surface area (Å²) in [7, 11) is 0. The van der Waals surface area contributed by atoms with Crippen LogP contribution in [0, 0.1) is 0 Å². The molecule has 0 aliphatic rings. The van der Waals surface area contributed by atoms with Crippen molar-refractivity contribution in [3.8, 4) is 5.75 Å². The van der Waals surface area contributed by atoms with Crippen LogP contribution in [0.15, 0.2) is 72.8 Å². The first kappa shape index (κ1) is 20.3. The maximum atomic E-state index is 12.1. The second-order valence-corrected chi connectivity index (χ2v) is 7.16. The van der Waals surface area contributed by atoms with Crippen LogP contribution in [-0.4, -0.2) is 5.91 Å². The van der Waals surface area contributed by atoms with Crippen molar-refractivity contribution in [3.63, 3.8) is 0 Å². The van der Waals surface area contributed by atoms with Gasteiger partial charge in [-0.15, -0.1) is 0 Å². The Morgan fingerprint density at radius 2 is 1.57 bits per heavy atom. The first-order chi connectivity index (χ1) is 13.5. The van der Waals surface area contributed by atoms with Gasteiger partial charge in [-0.3, -0.25) is 4.79 Å². The molecular formula is C22H16Cl3NO2. The molecule has 1 N–H and O–H groups in total. The van der Waals surface area contributed by atoms with Gasteiger partial charge in [0.1, 0.15) is 12.4 Å². The van der Waals surface area contributed by atoms with Crippen LogP contribution in [0.2, 0.25) is 15.1 Å². The van der Waals surface area contributed by atoms with Crippen LogP contribution in [0.3, 0.4) is 0 Å². The Hall–Kier alpha value is -2.46. The summed E-state index contributed by atoms with van der Waals surface area (Å²) in [4.78, 5) is 12.1. The van der Waals surface area contributed by atoms with Crippen LogP contribution < -0.4 is 10.1 Å². The van der Waals surface area contributed by atoms with Crippen molar-refractivity contribution in [2.24, 2.45) is 0 Å². The zero-order valence-corrected chi connectivity index (χ0v) is 16.9. The molecule has 0 aliphatic heterocycles. The van der Waals surface area contributed by atoms with E-state index >= 15 is 0 Å². The summed E-state index contributed by atoms with van der Waals surface area (Å²) in [6.45, 7) is 0.501. The minimum atomic E-state index is -0.351. The first-order valence-corrected chi connectivity index (χ1v) is 9.55. The zero-order chi connectivity index (χ0) is 19.9. The lowest BCUT2D eigenvalue weighted by Gasteiger charge is -2.08. The summed E-state index contributed by atoms with van der Waals surface area (Å²) in [5.41, 5.74) is 2.28. The minimum absolute atomic E-state index is 0.277. The lowest BCUT2D eigenvalue weighted by atomic mass is 10.2. The van der Waals surface area contributed by atoms with Gasteiger partial charge in [0.2, 0.25) is 5.91 Å².